The third-order valence-electron chi connectivity index (χ3n) is 5.35. The second kappa shape index (κ2) is 7.28. The predicted molar refractivity (Wildman–Crippen MR) is 98.0 cm³/mol. The van der Waals surface area contributed by atoms with E-state index in [9.17, 15) is 9.59 Å². The van der Waals surface area contributed by atoms with Gasteiger partial charge >= 0.3 is 0 Å². The first-order valence-corrected chi connectivity index (χ1v) is 9.26. The van der Waals surface area contributed by atoms with Crippen molar-refractivity contribution in [3.05, 3.63) is 65.5 Å². The smallest absolute Gasteiger partial charge is 0.225 e. The highest BCUT2D eigenvalue weighted by Gasteiger charge is 2.35. The number of hydrogen-bond donors (Lipinski definition) is 1. The van der Waals surface area contributed by atoms with Crippen LogP contribution in [-0.2, 0) is 22.6 Å². The number of amides is 2. The maximum absolute atomic E-state index is 12.8. The molecule has 0 radical (unpaired) electrons. The van der Waals surface area contributed by atoms with Crippen molar-refractivity contribution in [1.29, 1.82) is 0 Å². The fraction of sp³-hybridized carbons (Fsp3) is 0.381. The van der Waals surface area contributed by atoms with Crippen molar-refractivity contribution >= 4 is 11.8 Å². The number of nitrogens with zero attached hydrogens (tertiary/aromatic N) is 2. The monoisotopic (exact) mass is 349 g/mol. The number of rotatable bonds is 4. The lowest BCUT2D eigenvalue weighted by molar-refractivity contribution is -0.129. The third kappa shape index (κ3) is 3.47. The minimum atomic E-state index is -0.277. The highest BCUT2D eigenvalue weighted by atomic mass is 16.2. The number of likely N-dealkylation sites (tertiary alicyclic amines) is 1. The van der Waals surface area contributed by atoms with Gasteiger partial charge < -0.3 is 10.2 Å². The van der Waals surface area contributed by atoms with Gasteiger partial charge in [0.05, 0.1) is 24.2 Å². The van der Waals surface area contributed by atoms with E-state index in [1.807, 2.05) is 30.3 Å². The molecule has 1 aliphatic carbocycles. The molecule has 0 spiro atoms. The van der Waals surface area contributed by atoms with Crippen LogP contribution in [0.1, 0.15) is 42.1 Å². The average molecular weight is 349 g/mol. The van der Waals surface area contributed by atoms with Crippen molar-refractivity contribution in [2.45, 2.75) is 38.3 Å². The number of aromatic nitrogens is 1. The number of pyridine rings is 1. The minimum absolute atomic E-state index is 0.0106. The van der Waals surface area contributed by atoms with Crippen LogP contribution in [0, 0.1) is 5.92 Å². The Morgan fingerprint density at radius 2 is 2.04 bits per heavy atom. The Bertz CT molecular complexity index is 806. The molecular weight excluding hydrogens is 326 g/mol. The number of benzene rings is 1. The Kier molecular flexibility index (Phi) is 4.69. The Morgan fingerprint density at radius 1 is 1.19 bits per heavy atom. The zero-order valence-corrected chi connectivity index (χ0v) is 14.7. The molecule has 2 aliphatic rings. The number of hydrogen-bond acceptors (Lipinski definition) is 3. The maximum Gasteiger partial charge on any atom is 0.225 e. The topological polar surface area (TPSA) is 62.3 Å². The van der Waals surface area contributed by atoms with E-state index in [2.05, 4.69) is 22.4 Å². The fourth-order valence-electron chi connectivity index (χ4n) is 3.98. The molecule has 1 fully saturated rings. The summed E-state index contributed by atoms with van der Waals surface area (Å²) in [4.78, 5) is 31.1. The molecule has 134 valence electrons. The highest BCUT2D eigenvalue weighted by molar-refractivity contribution is 5.89. The number of nitrogens with one attached hydrogen (secondary N) is 1. The quantitative estimate of drug-likeness (QED) is 0.923. The van der Waals surface area contributed by atoms with Crippen molar-refractivity contribution in [3.8, 4) is 0 Å². The number of carbonyl (C=O) groups is 2. The summed E-state index contributed by atoms with van der Waals surface area (Å²) in [5.41, 5.74) is 3.40. The van der Waals surface area contributed by atoms with Gasteiger partial charge in [0.15, 0.2) is 0 Å². The summed E-state index contributed by atoms with van der Waals surface area (Å²) in [6.45, 7) is 0.936. The largest absolute Gasteiger partial charge is 0.349 e. The maximum atomic E-state index is 12.8. The molecule has 0 bridgehead atoms. The Balaban J connectivity index is 1.40. The van der Waals surface area contributed by atoms with E-state index in [0.717, 1.165) is 25.0 Å². The van der Waals surface area contributed by atoms with Gasteiger partial charge in [-0.2, -0.15) is 0 Å². The number of aryl methyl sites for hydroxylation is 1. The Labute approximate surface area is 153 Å². The van der Waals surface area contributed by atoms with E-state index in [1.54, 1.807) is 11.1 Å². The van der Waals surface area contributed by atoms with Gasteiger partial charge in [0, 0.05) is 19.2 Å². The molecule has 2 heterocycles. The zero-order chi connectivity index (χ0) is 17.9. The third-order valence-corrected chi connectivity index (χ3v) is 5.35. The first kappa shape index (κ1) is 16.8. The van der Waals surface area contributed by atoms with Crippen LogP contribution in [0.5, 0.6) is 0 Å². The summed E-state index contributed by atoms with van der Waals surface area (Å²) in [5.74, 6) is -0.260. The predicted octanol–water partition coefficient (Wildman–Crippen LogP) is 2.62. The zero-order valence-electron chi connectivity index (χ0n) is 14.7. The molecule has 0 saturated carbocycles. The molecule has 2 atom stereocenters. The van der Waals surface area contributed by atoms with Gasteiger partial charge in [0.1, 0.15) is 0 Å². The van der Waals surface area contributed by atoms with Crippen LogP contribution in [0.25, 0.3) is 0 Å². The molecule has 5 heteroatoms. The molecule has 1 aliphatic heterocycles. The fourth-order valence-corrected chi connectivity index (χ4v) is 3.98. The molecule has 1 saturated heterocycles. The van der Waals surface area contributed by atoms with Crippen molar-refractivity contribution in [3.63, 3.8) is 0 Å². The summed E-state index contributed by atoms with van der Waals surface area (Å²) in [6, 6.07) is 14.0. The van der Waals surface area contributed by atoms with Crippen LogP contribution >= 0.6 is 0 Å². The Morgan fingerprint density at radius 3 is 2.88 bits per heavy atom. The molecule has 26 heavy (non-hydrogen) atoms. The summed E-state index contributed by atoms with van der Waals surface area (Å²) in [7, 11) is 0. The van der Waals surface area contributed by atoms with Gasteiger partial charge in [-0.1, -0.05) is 30.3 Å². The van der Waals surface area contributed by atoms with Crippen LogP contribution in [-0.4, -0.2) is 28.2 Å². The number of carbonyl (C=O) groups excluding carboxylic acids is 2. The second-order valence-corrected chi connectivity index (χ2v) is 7.15. The van der Waals surface area contributed by atoms with Gasteiger partial charge in [0.25, 0.3) is 0 Å². The first-order valence-electron chi connectivity index (χ1n) is 9.26. The van der Waals surface area contributed by atoms with Crippen molar-refractivity contribution in [1.82, 2.24) is 15.2 Å². The van der Waals surface area contributed by atoms with E-state index in [0.29, 0.717) is 13.1 Å². The van der Waals surface area contributed by atoms with Crippen molar-refractivity contribution < 1.29 is 9.59 Å². The average Bonchev–Trinajstić information content (AvgIpc) is 3.03. The number of fused-ring (bicyclic) bond motifs is 1. The van der Waals surface area contributed by atoms with Crippen LogP contribution in [0.3, 0.4) is 0 Å². The van der Waals surface area contributed by atoms with Crippen LogP contribution < -0.4 is 5.32 Å². The molecular formula is C21H23N3O2. The molecule has 2 aromatic rings. The van der Waals surface area contributed by atoms with Gasteiger partial charge in [-0.3, -0.25) is 14.6 Å². The van der Waals surface area contributed by atoms with E-state index in [4.69, 9.17) is 0 Å². The lowest BCUT2D eigenvalue weighted by Crippen LogP contribution is -2.36. The molecule has 1 aromatic heterocycles. The van der Waals surface area contributed by atoms with Crippen LogP contribution in [0.4, 0.5) is 0 Å². The van der Waals surface area contributed by atoms with Crippen molar-refractivity contribution in [2.75, 3.05) is 6.54 Å². The minimum Gasteiger partial charge on any atom is -0.349 e. The summed E-state index contributed by atoms with van der Waals surface area (Å²) < 4.78 is 0. The second-order valence-electron chi connectivity index (χ2n) is 7.15. The van der Waals surface area contributed by atoms with Gasteiger partial charge in [-0.25, -0.2) is 0 Å². The van der Waals surface area contributed by atoms with E-state index in [-0.39, 0.29) is 30.2 Å². The normalized spacial score (nSPS) is 22.2. The Hall–Kier alpha value is -2.69. The van der Waals surface area contributed by atoms with E-state index < -0.39 is 0 Å². The molecule has 0 unspecified atom stereocenters. The molecule has 1 N–H and O–H groups in total. The molecule has 4 rings (SSSR count). The summed E-state index contributed by atoms with van der Waals surface area (Å²) in [6.07, 6.45) is 5.12. The molecule has 5 nitrogen and oxygen atoms in total. The van der Waals surface area contributed by atoms with E-state index >= 15 is 0 Å². The van der Waals surface area contributed by atoms with Crippen molar-refractivity contribution in [2.24, 2.45) is 5.92 Å². The lowest BCUT2D eigenvalue weighted by Gasteiger charge is -2.27. The first-order chi connectivity index (χ1) is 12.7. The van der Waals surface area contributed by atoms with Crippen LogP contribution in [0.15, 0.2) is 48.7 Å². The lowest BCUT2D eigenvalue weighted by atomic mass is 9.87. The van der Waals surface area contributed by atoms with Crippen LogP contribution in [0.2, 0.25) is 0 Å². The van der Waals surface area contributed by atoms with Gasteiger partial charge in [-0.05, 0) is 42.5 Å². The summed E-state index contributed by atoms with van der Waals surface area (Å²) in [5, 5.41) is 3.19. The van der Waals surface area contributed by atoms with Gasteiger partial charge in [0.2, 0.25) is 11.8 Å². The van der Waals surface area contributed by atoms with E-state index in [1.165, 1.54) is 11.1 Å². The molecule has 1 aromatic carbocycles. The van der Waals surface area contributed by atoms with Gasteiger partial charge in [-0.15, -0.1) is 0 Å². The standard InChI is InChI=1S/C21H23N3O2/c25-20-12-16(13-24(20)14-17-8-3-4-11-22-17)21(26)23-19-10-5-7-15-6-1-2-9-18(15)19/h1-4,6,8-9,11,16,19H,5,7,10,12-14H2,(H,23,26)/t16-,19+/m0/s1. The summed E-state index contributed by atoms with van der Waals surface area (Å²) >= 11 is 0. The highest BCUT2D eigenvalue weighted by Crippen LogP contribution is 2.30. The SMILES string of the molecule is O=C(N[C@@H]1CCCc2ccccc21)[C@H]1CC(=O)N(Cc2ccccn2)C1. The molecule has 2 amide bonds.